The highest BCUT2D eigenvalue weighted by Gasteiger charge is 2.23. The summed E-state index contributed by atoms with van der Waals surface area (Å²) in [6, 6.07) is 16.7. The molecule has 202 valence electrons. The van der Waals surface area contributed by atoms with Crippen molar-refractivity contribution in [3.05, 3.63) is 72.1 Å². The zero-order chi connectivity index (χ0) is 27.4. The van der Waals surface area contributed by atoms with Crippen molar-refractivity contribution in [2.75, 3.05) is 32.0 Å². The quantitative estimate of drug-likeness (QED) is 0.301. The van der Waals surface area contributed by atoms with E-state index in [1.807, 2.05) is 54.1 Å². The van der Waals surface area contributed by atoms with Crippen molar-refractivity contribution in [2.45, 2.75) is 25.8 Å². The van der Waals surface area contributed by atoms with Gasteiger partial charge in [0.1, 0.15) is 17.2 Å². The van der Waals surface area contributed by atoms with E-state index in [1.54, 1.807) is 19.2 Å². The Hall–Kier alpha value is -4.44. The molecule has 10 heteroatoms. The largest absolute Gasteiger partial charge is 0.457 e. The molecule has 3 heterocycles. The van der Waals surface area contributed by atoms with Crippen LogP contribution in [0, 0.1) is 0 Å². The van der Waals surface area contributed by atoms with Crippen LogP contribution in [-0.4, -0.2) is 64.0 Å². The number of imidazole rings is 1. The third-order valence-electron chi connectivity index (χ3n) is 7.09. The highest BCUT2D eigenvalue weighted by Crippen LogP contribution is 2.28. The smallest absolute Gasteiger partial charge is 0.269 e. The van der Waals surface area contributed by atoms with Crippen LogP contribution in [0.1, 0.15) is 40.6 Å². The lowest BCUT2D eigenvalue weighted by atomic mass is 10.1. The van der Waals surface area contributed by atoms with Gasteiger partial charge in [0.25, 0.3) is 11.8 Å². The van der Waals surface area contributed by atoms with Crippen LogP contribution in [0.2, 0.25) is 0 Å². The van der Waals surface area contributed by atoms with Gasteiger partial charge in [0.2, 0.25) is 5.95 Å². The third-order valence-corrected chi connectivity index (χ3v) is 7.09. The Morgan fingerprint density at radius 3 is 2.62 bits per heavy atom. The molecule has 3 N–H and O–H groups in total. The molecule has 10 nitrogen and oxygen atoms in total. The standard InChI is InChI=1S/C29H33N7O3/c1-4-36-15-5-6-21(36)18-32-27(37)19-7-9-20(10-8-19)33-29-34-24-16-22(11-12-26(24)35(29)3)39-23-13-14-31-25(17-23)28(38)30-2/h7-14,16-17,21H,4-6,15,18H2,1-3H3,(H,30,38)(H,32,37)(H,33,34). The number of likely N-dealkylation sites (tertiary alicyclic amines) is 1. The van der Waals surface area contributed by atoms with Crippen molar-refractivity contribution in [3.63, 3.8) is 0 Å². The predicted molar refractivity (Wildman–Crippen MR) is 151 cm³/mol. The monoisotopic (exact) mass is 527 g/mol. The number of aryl methyl sites for hydroxylation is 1. The molecule has 0 aliphatic carbocycles. The molecule has 2 aromatic carbocycles. The Labute approximate surface area is 227 Å². The first-order valence-corrected chi connectivity index (χ1v) is 13.2. The Bertz CT molecular complexity index is 1480. The number of aromatic nitrogens is 3. The number of amides is 2. The maximum absolute atomic E-state index is 12.7. The van der Waals surface area contributed by atoms with Crippen molar-refractivity contribution in [1.82, 2.24) is 30.1 Å². The maximum Gasteiger partial charge on any atom is 0.269 e. The minimum atomic E-state index is -0.280. The molecule has 1 atom stereocenters. The molecule has 2 aromatic heterocycles. The average molecular weight is 528 g/mol. The van der Waals surface area contributed by atoms with Gasteiger partial charge in [-0.2, -0.15) is 0 Å². The van der Waals surface area contributed by atoms with Gasteiger partial charge in [-0.3, -0.25) is 19.5 Å². The molecule has 5 rings (SSSR count). The topological polar surface area (TPSA) is 113 Å². The van der Waals surface area contributed by atoms with E-state index in [0.717, 1.165) is 36.2 Å². The number of ether oxygens (including phenoxy) is 1. The van der Waals surface area contributed by atoms with Crippen LogP contribution in [0.5, 0.6) is 11.5 Å². The fourth-order valence-corrected chi connectivity index (χ4v) is 4.91. The van der Waals surface area contributed by atoms with Gasteiger partial charge in [-0.1, -0.05) is 6.92 Å². The summed E-state index contributed by atoms with van der Waals surface area (Å²) in [4.78, 5) is 35.7. The number of nitrogens with one attached hydrogen (secondary N) is 3. The van der Waals surface area contributed by atoms with E-state index in [-0.39, 0.29) is 17.5 Å². The first-order chi connectivity index (χ1) is 18.9. The van der Waals surface area contributed by atoms with Crippen LogP contribution < -0.4 is 20.7 Å². The Morgan fingerprint density at radius 1 is 1.05 bits per heavy atom. The van der Waals surface area contributed by atoms with E-state index in [2.05, 4.69) is 32.8 Å². The second kappa shape index (κ2) is 11.5. The van der Waals surface area contributed by atoms with Crippen molar-refractivity contribution in [1.29, 1.82) is 0 Å². The number of hydrogen-bond acceptors (Lipinski definition) is 7. The highest BCUT2D eigenvalue weighted by molar-refractivity contribution is 5.94. The zero-order valence-electron chi connectivity index (χ0n) is 22.4. The van der Waals surface area contributed by atoms with Gasteiger partial charge in [-0.15, -0.1) is 0 Å². The van der Waals surface area contributed by atoms with Gasteiger partial charge in [-0.25, -0.2) is 4.98 Å². The number of carbonyl (C=O) groups is 2. The van der Waals surface area contributed by atoms with Gasteiger partial charge in [0, 0.05) is 56.3 Å². The van der Waals surface area contributed by atoms with Crippen LogP contribution >= 0.6 is 0 Å². The fourth-order valence-electron chi connectivity index (χ4n) is 4.91. The van der Waals surface area contributed by atoms with Gasteiger partial charge < -0.3 is 25.3 Å². The molecule has 0 bridgehead atoms. The minimum Gasteiger partial charge on any atom is -0.457 e. The summed E-state index contributed by atoms with van der Waals surface area (Å²) in [7, 11) is 3.49. The van der Waals surface area contributed by atoms with Gasteiger partial charge >= 0.3 is 0 Å². The van der Waals surface area contributed by atoms with E-state index in [4.69, 9.17) is 9.72 Å². The molecular formula is C29H33N7O3. The molecule has 1 fully saturated rings. The van der Waals surface area contributed by atoms with Crippen LogP contribution in [-0.2, 0) is 7.05 Å². The van der Waals surface area contributed by atoms with Crippen LogP contribution in [0.3, 0.4) is 0 Å². The Morgan fingerprint density at radius 2 is 1.85 bits per heavy atom. The lowest BCUT2D eigenvalue weighted by Gasteiger charge is -2.22. The molecule has 1 aliphatic rings. The number of hydrogen-bond donors (Lipinski definition) is 3. The minimum absolute atomic E-state index is 0.0589. The number of anilines is 2. The maximum atomic E-state index is 12.7. The number of carbonyl (C=O) groups excluding carboxylic acids is 2. The van der Waals surface area contributed by atoms with Crippen molar-refractivity contribution in [3.8, 4) is 11.5 Å². The van der Waals surface area contributed by atoms with Crippen LogP contribution in [0.15, 0.2) is 60.8 Å². The molecule has 1 unspecified atom stereocenters. The number of nitrogens with zero attached hydrogens (tertiary/aromatic N) is 4. The van der Waals surface area contributed by atoms with E-state index >= 15 is 0 Å². The molecule has 0 spiro atoms. The second-order valence-corrected chi connectivity index (χ2v) is 9.54. The molecule has 39 heavy (non-hydrogen) atoms. The molecular weight excluding hydrogens is 494 g/mol. The summed E-state index contributed by atoms with van der Waals surface area (Å²) >= 11 is 0. The van der Waals surface area contributed by atoms with Crippen LogP contribution in [0.25, 0.3) is 11.0 Å². The van der Waals surface area contributed by atoms with Gasteiger partial charge in [-0.05, 0) is 68.4 Å². The van der Waals surface area contributed by atoms with E-state index in [9.17, 15) is 9.59 Å². The van der Waals surface area contributed by atoms with Crippen molar-refractivity contribution in [2.24, 2.45) is 7.05 Å². The third kappa shape index (κ3) is 5.85. The van der Waals surface area contributed by atoms with E-state index in [1.165, 1.54) is 12.6 Å². The lowest BCUT2D eigenvalue weighted by Crippen LogP contribution is -2.40. The number of fused-ring (bicyclic) bond motifs is 1. The molecule has 1 aliphatic heterocycles. The fraction of sp³-hybridized carbons (Fsp3) is 0.310. The average Bonchev–Trinajstić information content (AvgIpc) is 3.55. The summed E-state index contributed by atoms with van der Waals surface area (Å²) in [5.41, 5.74) is 3.41. The molecule has 2 amide bonds. The molecule has 0 radical (unpaired) electrons. The number of pyridine rings is 1. The zero-order valence-corrected chi connectivity index (χ0v) is 22.4. The summed E-state index contributed by atoms with van der Waals surface area (Å²) < 4.78 is 7.91. The van der Waals surface area contributed by atoms with Crippen LogP contribution in [0.4, 0.5) is 11.6 Å². The summed E-state index contributed by atoms with van der Waals surface area (Å²) in [6.07, 6.45) is 3.85. The SMILES string of the molecule is CCN1CCCC1CNC(=O)c1ccc(Nc2nc3cc(Oc4ccnc(C(=O)NC)c4)ccc3n2C)cc1. The number of rotatable bonds is 9. The number of benzene rings is 2. The molecule has 1 saturated heterocycles. The summed E-state index contributed by atoms with van der Waals surface area (Å²) in [6.45, 7) is 4.96. The summed E-state index contributed by atoms with van der Waals surface area (Å²) in [5, 5.41) is 8.97. The molecule has 0 saturated carbocycles. The highest BCUT2D eigenvalue weighted by atomic mass is 16.5. The lowest BCUT2D eigenvalue weighted by molar-refractivity contribution is 0.0938. The molecule has 4 aromatic rings. The Balaban J connectivity index is 1.24. The normalized spacial score (nSPS) is 15.3. The second-order valence-electron chi connectivity index (χ2n) is 9.54. The van der Waals surface area contributed by atoms with E-state index < -0.39 is 0 Å². The predicted octanol–water partition coefficient (Wildman–Crippen LogP) is 4.08. The van der Waals surface area contributed by atoms with E-state index in [0.29, 0.717) is 35.6 Å². The number of likely N-dealkylation sites (N-methyl/N-ethyl adjacent to an activating group) is 1. The van der Waals surface area contributed by atoms with Gasteiger partial charge in [0.05, 0.1) is 11.0 Å². The summed E-state index contributed by atoms with van der Waals surface area (Å²) in [5.74, 6) is 1.42. The first kappa shape index (κ1) is 26.2. The first-order valence-electron chi connectivity index (χ1n) is 13.2. The van der Waals surface area contributed by atoms with Crippen molar-refractivity contribution < 1.29 is 14.3 Å². The Kier molecular flexibility index (Phi) is 7.74. The van der Waals surface area contributed by atoms with Crippen molar-refractivity contribution >= 4 is 34.5 Å². The van der Waals surface area contributed by atoms with Gasteiger partial charge in [0.15, 0.2) is 0 Å².